The lowest BCUT2D eigenvalue weighted by molar-refractivity contribution is -0.141. The summed E-state index contributed by atoms with van der Waals surface area (Å²) in [6, 6.07) is 3.12. The number of aryl methyl sites for hydroxylation is 1. The molecule has 110 valence electrons. The smallest absolute Gasteiger partial charge is 0.308 e. The Kier molecular flexibility index (Phi) is 4.10. The first-order valence-electron chi connectivity index (χ1n) is 6.32. The molecule has 1 aromatic carbocycles. The normalized spacial score (nSPS) is 22.9. The summed E-state index contributed by atoms with van der Waals surface area (Å²) in [6.45, 7) is 1.66. The lowest BCUT2D eigenvalue weighted by Gasteiger charge is -2.18. The van der Waals surface area contributed by atoms with Crippen molar-refractivity contribution in [2.45, 2.75) is 37.1 Å². The van der Waals surface area contributed by atoms with Crippen LogP contribution in [0, 0.1) is 18.7 Å². The molecule has 0 heterocycles. The maximum Gasteiger partial charge on any atom is 0.308 e. The third kappa shape index (κ3) is 2.99. The van der Waals surface area contributed by atoms with Crippen molar-refractivity contribution in [3.05, 3.63) is 29.6 Å². The molecule has 1 fully saturated rings. The van der Waals surface area contributed by atoms with E-state index in [1.54, 1.807) is 6.92 Å². The molecule has 2 rings (SSSR count). The standard InChI is InChI=1S/C13H16FNO4S/c1-8-5-6-10(14)12(7-8)20(18,19)15-11-4-2-3-9(11)13(16)17/h5-7,9,11,15H,2-4H2,1H3,(H,16,17). The highest BCUT2D eigenvalue weighted by atomic mass is 32.2. The van der Waals surface area contributed by atoms with Crippen molar-refractivity contribution in [2.24, 2.45) is 5.92 Å². The monoisotopic (exact) mass is 301 g/mol. The van der Waals surface area contributed by atoms with E-state index in [2.05, 4.69) is 4.72 Å². The molecule has 0 aromatic heterocycles. The van der Waals surface area contributed by atoms with Gasteiger partial charge in [-0.25, -0.2) is 17.5 Å². The van der Waals surface area contributed by atoms with Gasteiger partial charge in [-0.3, -0.25) is 4.79 Å². The van der Waals surface area contributed by atoms with Gasteiger partial charge in [-0.1, -0.05) is 12.5 Å². The average molecular weight is 301 g/mol. The van der Waals surface area contributed by atoms with Crippen LogP contribution in [0.5, 0.6) is 0 Å². The Hall–Kier alpha value is -1.47. The number of rotatable bonds is 4. The van der Waals surface area contributed by atoms with Crippen molar-refractivity contribution >= 4 is 16.0 Å². The van der Waals surface area contributed by atoms with Crippen molar-refractivity contribution in [3.8, 4) is 0 Å². The van der Waals surface area contributed by atoms with E-state index in [1.807, 2.05) is 0 Å². The van der Waals surface area contributed by atoms with Gasteiger partial charge in [0, 0.05) is 6.04 Å². The van der Waals surface area contributed by atoms with Crippen molar-refractivity contribution in [3.63, 3.8) is 0 Å². The zero-order valence-electron chi connectivity index (χ0n) is 11.0. The molecule has 5 nitrogen and oxygen atoms in total. The molecule has 2 N–H and O–H groups in total. The Morgan fingerprint density at radius 1 is 1.40 bits per heavy atom. The van der Waals surface area contributed by atoms with E-state index < -0.39 is 38.7 Å². The SMILES string of the molecule is Cc1ccc(F)c(S(=O)(=O)NC2CCCC2C(=O)O)c1. The summed E-state index contributed by atoms with van der Waals surface area (Å²) in [6.07, 6.45) is 1.52. The molecule has 2 atom stereocenters. The molecule has 1 saturated carbocycles. The Balaban J connectivity index is 2.27. The van der Waals surface area contributed by atoms with Crippen molar-refractivity contribution in [2.75, 3.05) is 0 Å². The van der Waals surface area contributed by atoms with Crippen LogP contribution in [0.3, 0.4) is 0 Å². The second-order valence-corrected chi connectivity index (χ2v) is 6.72. The van der Waals surface area contributed by atoms with E-state index in [0.717, 1.165) is 6.07 Å². The number of hydrogen-bond acceptors (Lipinski definition) is 3. The predicted molar refractivity (Wildman–Crippen MR) is 70.2 cm³/mol. The van der Waals surface area contributed by atoms with Crippen LogP contribution in [0.1, 0.15) is 24.8 Å². The molecule has 1 aliphatic rings. The van der Waals surface area contributed by atoms with Crippen molar-refractivity contribution in [1.29, 1.82) is 0 Å². The van der Waals surface area contributed by atoms with Gasteiger partial charge >= 0.3 is 5.97 Å². The fraction of sp³-hybridized carbons (Fsp3) is 0.462. The minimum absolute atomic E-state index is 0.429. The van der Waals surface area contributed by atoms with Crippen molar-refractivity contribution in [1.82, 2.24) is 4.72 Å². The Morgan fingerprint density at radius 2 is 2.10 bits per heavy atom. The van der Waals surface area contributed by atoms with E-state index in [0.29, 0.717) is 24.8 Å². The fourth-order valence-electron chi connectivity index (χ4n) is 2.48. The van der Waals surface area contributed by atoms with Crippen LogP contribution in [0.15, 0.2) is 23.1 Å². The lowest BCUT2D eigenvalue weighted by atomic mass is 10.1. The summed E-state index contributed by atoms with van der Waals surface area (Å²) in [4.78, 5) is 10.6. The zero-order valence-corrected chi connectivity index (χ0v) is 11.8. The predicted octanol–water partition coefficient (Wildman–Crippen LogP) is 1.67. The molecule has 1 aliphatic carbocycles. The van der Waals surface area contributed by atoms with Gasteiger partial charge in [0.15, 0.2) is 0 Å². The van der Waals surface area contributed by atoms with Crippen LogP contribution in [-0.4, -0.2) is 25.5 Å². The Labute approximate surface area is 116 Å². The summed E-state index contributed by atoms with van der Waals surface area (Å²) in [5, 5.41) is 9.04. The number of hydrogen-bond donors (Lipinski definition) is 2. The third-order valence-electron chi connectivity index (χ3n) is 3.52. The fourth-order valence-corrected chi connectivity index (χ4v) is 3.95. The molecule has 0 amide bonds. The molecular formula is C13H16FNO4S. The number of carboxylic acids is 1. The van der Waals surface area contributed by atoms with E-state index >= 15 is 0 Å². The van der Waals surface area contributed by atoms with E-state index in [9.17, 15) is 17.6 Å². The summed E-state index contributed by atoms with van der Waals surface area (Å²) in [7, 11) is -4.05. The van der Waals surface area contributed by atoms with Gasteiger partial charge in [0.05, 0.1) is 5.92 Å². The van der Waals surface area contributed by atoms with Gasteiger partial charge in [-0.15, -0.1) is 0 Å². The van der Waals surface area contributed by atoms with E-state index in [1.165, 1.54) is 12.1 Å². The van der Waals surface area contributed by atoms with Crippen LogP contribution in [0.4, 0.5) is 4.39 Å². The average Bonchev–Trinajstić information content (AvgIpc) is 2.79. The van der Waals surface area contributed by atoms with Crippen LogP contribution < -0.4 is 4.72 Å². The summed E-state index contributed by atoms with van der Waals surface area (Å²) in [5.41, 5.74) is 0.619. The van der Waals surface area contributed by atoms with Crippen LogP contribution in [0.25, 0.3) is 0 Å². The molecule has 1 aromatic rings. The molecule has 2 unspecified atom stereocenters. The van der Waals surface area contributed by atoms with Gasteiger partial charge in [0.2, 0.25) is 10.0 Å². The summed E-state index contributed by atoms with van der Waals surface area (Å²) >= 11 is 0. The topological polar surface area (TPSA) is 83.5 Å². The highest BCUT2D eigenvalue weighted by Crippen LogP contribution is 2.28. The second kappa shape index (κ2) is 5.49. The molecule has 7 heteroatoms. The number of carboxylic acid groups (broad SMARTS) is 1. The molecule has 0 saturated heterocycles. The van der Waals surface area contributed by atoms with E-state index in [-0.39, 0.29) is 0 Å². The number of carbonyl (C=O) groups is 1. The van der Waals surface area contributed by atoms with E-state index in [4.69, 9.17) is 5.11 Å². The maximum absolute atomic E-state index is 13.7. The number of halogens is 1. The first-order valence-corrected chi connectivity index (χ1v) is 7.81. The zero-order chi connectivity index (χ0) is 14.9. The number of benzene rings is 1. The summed E-state index contributed by atoms with van der Waals surface area (Å²) in [5.74, 6) is -2.62. The molecule has 0 radical (unpaired) electrons. The van der Waals surface area contributed by atoms with Gasteiger partial charge in [-0.2, -0.15) is 0 Å². The molecule has 20 heavy (non-hydrogen) atoms. The quantitative estimate of drug-likeness (QED) is 0.886. The molecule has 0 bridgehead atoms. The Bertz CT molecular complexity index is 629. The van der Waals surface area contributed by atoms with Gasteiger partial charge < -0.3 is 5.11 Å². The highest BCUT2D eigenvalue weighted by Gasteiger charge is 2.36. The first kappa shape index (κ1) is 14.9. The Morgan fingerprint density at radius 3 is 2.75 bits per heavy atom. The lowest BCUT2D eigenvalue weighted by Crippen LogP contribution is -2.40. The molecular weight excluding hydrogens is 285 g/mol. The van der Waals surface area contributed by atoms with Gasteiger partial charge in [0.1, 0.15) is 10.7 Å². The number of aliphatic carboxylic acids is 1. The van der Waals surface area contributed by atoms with Gasteiger partial charge in [-0.05, 0) is 37.5 Å². The number of nitrogens with one attached hydrogen (secondary N) is 1. The molecule has 0 spiro atoms. The van der Waals surface area contributed by atoms with Crippen LogP contribution in [-0.2, 0) is 14.8 Å². The first-order chi connectivity index (χ1) is 9.31. The van der Waals surface area contributed by atoms with Gasteiger partial charge in [0.25, 0.3) is 0 Å². The maximum atomic E-state index is 13.7. The third-order valence-corrected chi connectivity index (χ3v) is 5.02. The number of sulfonamides is 1. The summed E-state index contributed by atoms with van der Waals surface area (Å²) < 4.78 is 40.4. The largest absolute Gasteiger partial charge is 0.481 e. The van der Waals surface area contributed by atoms with Crippen LogP contribution >= 0.6 is 0 Å². The molecule has 0 aliphatic heterocycles. The van der Waals surface area contributed by atoms with Crippen molar-refractivity contribution < 1.29 is 22.7 Å². The minimum Gasteiger partial charge on any atom is -0.481 e. The highest BCUT2D eigenvalue weighted by molar-refractivity contribution is 7.89. The minimum atomic E-state index is -4.05. The second-order valence-electron chi connectivity index (χ2n) is 5.04. The van der Waals surface area contributed by atoms with Crippen LogP contribution in [0.2, 0.25) is 0 Å².